The molecular weight excluding hydrogens is 402 g/mol. The molecule has 2 aromatic heterocycles. The molecule has 0 saturated heterocycles. The summed E-state index contributed by atoms with van der Waals surface area (Å²) in [7, 11) is -3.17. The molecular formula is C21H27N5O3S. The Morgan fingerprint density at radius 2 is 1.87 bits per heavy atom. The van der Waals surface area contributed by atoms with Crippen molar-refractivity contribution in [1.82, 2.24) is 19.3 Å². The van der Waals surface area contributed by atoms with Crippen LogP contribution in [0.15, 0.2) is 42.7 Å². The first-order chi connectivity index (χ1) is 14.3. The first-order valence-electron chi connectivity index (χ1n) is 10.2. The van der Waals surface area contributed by atoms with Gasteiger partial charge in [-0.3, -0.25) is 0 Å². The highest BCUT2D eigenvalue weighted by atomic mass is 32.2. The number of aromatic nitrogens is 3. The number of fused-ring (bicyclic) bond motifs is 1. The molecule has 8 nitrogen and oxygen atoms in total. The van der Waals surface area contributed by atoms with Crippen LogP contribution in [-0.2, 0) is 10.0 Å². The average Bonchev–Trinajstić information content (AvgIpc) is 3.13. The Kier molecular flexibility index (Phi) is 5.77. The average molecular weight is 430 g/mol. The first-order valence-corrected chi connectivity index (χ1v) is 12.0. The second kappa shape index (κ2) is 8.33. The van der Waals surface area contributed by atoms with Crippen molar-refractivity contribution in [1.29, 1.82) is 0 Å². The van der Waals surface area contributed by atoms with Crippen molar-refractivity contribution in [3.63, 3.8) is 0 Å². The zero-order valence-electron chi connectivity index (χ0n) is 17.1. The van der Waals surface area contributed by atoms with Gasteiger partial charge in [0.25, 0.3) is 0 Å². The van der Waals surface area contributed by atoms with Crippen LogP contribution < -0.4 is 10.0 Å². The number of aliphatic hydroxyl groups is 1. The van der Waals surface area contributed by atoms with Gasteiger partial charge in [0.1, 0.15) is 5.82 Å². The summed E-state index contributed by atoms with van der Waals surface area (Å²) in [6, 6.07) is 9.92. The summed E-state index contributed by atoms with van der Waals surface area (Å²) < 4.78 is 27.5. The van der Waals surface area contributed by atoms with E-state index in [9.17, 15) is 13.5 Å². The molecule has 30 heavy (non-hydrogen) atoms. The van der Waals surface area contributed by atoms with Gasteiger partial charge in [-0.05, 0) is 56.4 Å². The molecule has 0 bridgehead atoms. The summed E-state index contributed by atoms with van der Waals surface area (Å²) in [5, 5.41) is 14.4. The summed E-state index contributed by atoms with van der Waals surface area (Å²) in [5.74, 6) is 1.30. The second-order valence-electron chi connectivity index (χ2n) is 7.96. The van der Waals surface area contributed by atoms with E-state index in [4.69, 9.17) is 0 Å². The summed E-state index contributed by atoms with van der Waals surface area (Å²) in [5.41, 5.74) is 1.86. The molecule has 1 aliphatic rings. The second-order valence-corrected chi connectivity index (χ2v) is 9.74. The molecule has 0 aliphatic heterocycles. The van der Waals surface area contributed by atoms with E-state index in [-0.39, 0.29) is 12.1 Å². The summed E-state index contributed by atoms with van der Waals surface area (Å²) >= 11 is 0. The molecule has 1 atom stereocenters. The molecule has 160 valence electrons. The third kappa shape index (κ3) is 4.63. The predicted octanol–water partition coefficient (Wildman–Crippen LogP) is 2.75. The van der Waals surface area contributed by atoms with Gasteiger partial charge in [-0.25, -0.2) is 18.1 Å². The van der Waals surface area contributed by atoms with Crippen LogP contribution in [0.25, 0.3) is 16.7 Å². The van der Waals surface area contributed by atoms with Gasteiger partial charge in [0.05, 0.1) is 17.9 Å². The summed E-state index contributed by atoms with van der Waals surface area (Å²) in [6.45, 7) is 1.76. The van der Waals surface area contributed by atoms with Gasteiger partial charge in [0, 0.05) is 29.9 Å². The SMILES string of the molecule is CC(O)c1cccc2c1ccn2-c1ccnc(N[C@H]2CC[C@H](NS(C)(=O)=O)CC2)n1. The monoisotopic (exact) mass is 429 g/mol. The van der Waals surface area contributed by atoms with E-state index < -0.39 is 16.1 Å². The maximum absolute atomic E-state index is 11.4. The number of aliphatic hydroxyl groups excluding tert-OH is 1. The fraction of sp³-hybridized carbons (Fsp3) is 0.429. The molecule has 4 rings (SSSR count). The van der Waals surface area contributed by atoms with E-state index >= 15 is 0 Å². The molecule has 9 heteroatoms. The van der Waals surface area contributed by atoms with E-state index in [0.717, 1.165) is 48.0 Å². The Balaban J connectivity index is 1.49. The van der Waals surface area contributed by atoms with Crippen LogP contribution in [0.4, 0.5) is 5.95 Å². The smallest absolute Gasteiger partial charge is 0.224 e. The van der Waals surface area contributed by atoms with Crippen LogP contribution in [0.3, 0.4) is 0 Å². The van der Waals surface area contributed by atoms with E-state index in [1.807, 2.05) is 41.1 Å². The lowest BCUT2D eigenvalue weighted by atomic mass is 9.92. The van der Waals surface area contributed by atoms with E-state index in [1.54, 1.807) is 13.1 Å². The third-order valence-electron chi connectivity index (χ3n) is 5.55. The Bertz CT molecular complexity index is 1130. The van der Waals surface area contributed by atoms with Gasteiger partial charge in [-0.2, -0.15) is 4.98 Å². The van der Waals surface area contributed by atoms with E-state index in [1.165, 1.54) is 6.26 Å². The van der Waals surface area contributed by atoms with Crippen LogP contribution in [0.2, 0.25) is 0 Å². The van der Waals surface area contributed by atoms with E-state index in [0.29, 0.717) is 5.95 Å². The molecule has 0 radical (unpaired) electrons. The van der Waals surface area contributed by atoms with Gasteiger partial charge in [0.2, 0.25) is 16.0 Å². The minimum Gasteiger partial charge on any atom is -0.389 e. The molecule has 1 unspecified atom stereocenters. The third-order valence-corrected chi connectivity index (χ3v) is 6.31. The number of benzene rings is 1. The topological polar surface area (TPSA) is 109 Å². The van der Waals surface area contributed by atoms with Gasteiger partial charge < -0.3 is 15.0 Å². The zero-order chi connectivity index (χ0) is 21.3. The van der Waals surface area contributed by atoms with Gasteiger partial charge in [-0.1, -0.05) is 12.1 Å². The maximum Gasteiger partial charge on any atom is 0.224 e. The predicted molar refractivity (Wildman–Crippen MR) is 117 cm³/mol. The zero-order valence-corrected chi connectivity index (χ0v) is 17.9. The van der Waals surface area contributed by atoms with Crippen molar-refractivity contribution in [3.8, 4) is 5.82 Å². The molecule has 3 N–H and O–H groups in total. The molecule has 1 fully saturated rings. The lowest BCUT2D eigenvalue weighted by molar-refractivity contribution is 0.201. The fourth-order valence-corrected chi connectivity index (χ4v) is 4.99. The lowest BCUT2D eigenvalue weighted by Crippen LogP contribution is -2.39. The molecule has 0 spiro atoms. The van der Waals surface area contributed by atoms with E-state index in [2.05, 4.69) is 20.0 Å². The largest absolute Gasteiger partial charge is 0.389 e. The first kappa shape index (κ1) is 20.8. The molecule has 3 aromatic rings. The minimum atomic E-state index is -3.17. The van der Waals surface area contributed by atoms with Crippen molar-refractivity contribution < 1.29 is 13.5 Å². The van der Waals surface area contributed by atoms with Crippen molar-refractivity contribution >= 4 is 26.9 Å². The van der Waals surface area contributed by atoms with Crippen LogP contribution in [0.5, 0.6) is 0 Å². The lowest BCUT2D eigenvalue weighted by Gasteiger charge is -2.29. The summed E-state index contributed by atoms with van der Waals surface area (Å²) in [4.78, 5) is 9.04. The van der Waals surface area contributed by atoms with Gasteiger partial charge >= 0.3 is 0 Å². The number of hydrogen-bond donors (Lipinski definition) is 3. The van der Waals surface area contributed by atoms with Crippen LogP contribution in [0, 0.1) is 0 Å². The number of sulfonamides is 1. The molecule has 0 amide bonds. The van der Waals surface area contributed by atoms with Crippen LogP contribution >= 0.6 is 0 Å². The normalized spacial score (nSPS) is 20.9. The Morgan fingerprint density at radius 1 is 1.13 bits per heavy atom. The Hall–Kier alpha value is -2.49. The Morgan fingerprint density at radius 3 is 2.57 bits per heavy atom. The maximum atomic E-state index is 11.4. The highest BCUT2D eigenvalue weighted by molar-refractivity contribution is 7.88. The Labute approximate surface area is 176 Å². The van der Waals surface area contributed by atoms with Crippen molar-refractivity contribution in [2.24, 2.45) is 0 Å². The molecule has 1 aromatic carbocycles. The number of nitrogens with one attached hydrogen (secondary N) is 2. The van der Waals surface area contributed by atoms with Crippen LogP contribution in [0.1, 0.15) is 44.3 Å². The number of hydrogen-bond acceptors (Lipinski definition) is 6. The van der Waals surface area contributed by atoms with Crippen molar-refractivity contribution in [3.05, 3.63) is 48.3 Å². The standard InChI is InChI=1S/C21H27N5O3S/c1-14(27)17-4-3-5-19-18(17)11-13-26(19)20-10-12-22-21(24-20)23-15-6-8-16(9-7-15)25-30(2,28)29/h3-5,10-16,25,27H,6-9H2,1-2H3,(H,22,23,24)/t14?,15-,16-. The van der Waals surface area contributed by atoms with Gasteiger partial charge in [-0.15, -0.1) is 0 Å². The number of nitrogens with zero attached hydrogens (tertiary/aromatic N) is 3. The van der Waals surface area contributed by atoms with Gasteiger partial charge in [0.15, 0.2) is 0 Å². The highest BCUT2D eigenvalue weighted by Crippen LogP contribution is 2.27. The fourth-order valence-electron chi connectivity index (χ4n) is 4.15. The van der Waals surface area contributed by atoms with Crippen molar-refractivity contribution in [2.45, 2.75) is 50.8 Å². The van der Waals surface area contributed by atoms with Crippen LogP contribution in [-0.4, -0.2) is 46.4 Å². The quantitative estimate of drug-likeness (QED) is 0.556. The molecule has 1 aliphatic carbocycles. The molecule has 1 saturated carbocycles. The number of anilines is 1. The minimum absolute atomic E-state index is 0.000321. The number of rotatable bonds is 6. The summed E-state index contributed by atoms with van der Waals surface area (Å²) in [6.07, 6.45) is 7.61. The molecule has 2 heterocycles. The van der Waals surface area contributed by atoms with Crippen molar-refractivity contribution in [2.75, 3.05) is 11.6 Å². The highest BCUT2D eigenvalue weighted by Gasteiger charge is 2.23.